The van der Waals surface area contributed by atoms with Crippen molar-refractivity contribution < 1.29 is 9.72 Å². The molecule has 0 spiro atoms. The fourth-order valence-electron chi connectivity index (χ4n) is 3.49. The van der Waals surface area contributed by atoms with Crippen LogP contribution in [-0.2, 0) is 12.8 Å². The number of amides is 1. The second-order valence-electron chi connectivity index (χ2n) is 6.54. The molecule has 7 heteroatoms. The first kappa shape index (κ1) is 17.0. The number of hydrogen-bond acceptors (Lipinski definition) is 4. The monoisotopic (exact) mass is 362 g/mol. The molecule has 0 bridgehead atoms. The molecule has 3 aromatic rings. The van der Waals surface area contributed by atoms with Crippen molar-refractivity contribution in [3.8, 4) is 11.3 Å². The van der Waals surface area contributed by atoms with Crippen LogP contribution in [0.25, 0.3) is 11.3 Å². The summed E-state index contributed by atoms with van der Waals surface area (Å²) in [5.41, 5.74) is 4.70. The molecule has 4 rings (SSSR count). The number of aromatic nitrogens is 2. The van der Waals surface area contributed by atoms with Crippen LogP contribution >= 0.6 is 0 Å². The van der Waals surface area contributed by atoms with Gasteiger partial charge in [0.15, 0.2) is 0 Å². The highest BCUT2D eigenvalue weighted by Gasteiger charge is 2.22. The number of carbonyl (C=O) groups excluding carboxylic acids is 1. The summed E-state index contributed by atoms with van der Waals surface area (Å²) < 4.78 is 0. The number of nitrogens with one attached hydrogen (secondary N) is 2. The number of carbonyl (C=O) groups is 1. The molecule has 1 heterocycles. The number of nitrogens with zero attached hydrogens (tertiary/aromatic N) is 2. The second kappa shape index (κ2) is 7.03. The van der Waals surface area contributed by atoms with E-state index in [2.05, 4.69) is 15.5 Å². The highest BCUT2D eigenvalue weighted by molar-refractivity contribution is 6.08. The summed E-state index contributed by atoms with van der Waals surface area (Å²) in [7, 11) is 0. The minimum absolute atomic E-state index is 0.0672. The molecule has 0 unspecified atom stereocenters. The van der Waals surface area contributed by atoms with Crippen LogP contribution in [0, 0.1) is 10.1 Å². The molecule has 1 aliphatic carbocycles. The fourth-order valence-corrected chi connectivity index (χ4v) is 3.49. The Kier molecular flexibility index (Phi) is 4.42. The predicted molar refractivity (Wildman–Crippen MR) is 102 cm³/mol. The van der Waals surface area contributed by atoms with Crippen LogP contribution in [-0.4, -0.2) is 21.0 Å². The predicted octanol–water partition coefficient (Wildman–Crippen LogP) is 4.12. The van der Waals surface area contributed by atoms with Gasteiger partial charge in [0.2, 0.25) is 0 Å². The van der Waals surface area contributed by atoms with Crippen molar-refractivity contribution in [2.45, 2.75) is 25.7 Å². The number of hydrogen-bond donors (Lipinski definition) is 2. The average molecular weight is 362 g/mol. The maximum absolute atomic E-state index is 12.9. The molecule has 7 nitrogen and oxygen atoms in total. The number of rotatable bonds is 4. The Hall–Kier alpha value is -3.48. The van der Waals surface area contributed by atoms with E-state index in [1.807, 2.05) is 12.1 Å². The zero-order valence-electron chi connectivity index (χ0n) is 14.6. The number of fused-ring (bicyclic) bond motifs is 1. The van der Waals surface area contributed by atoms with Crippen molar-refractivity contribution in [2.75, 3.05) is 5.32 Å². The van der Waals surface area contributed by atoms with E-state index in [0.717, 1.165) is 42.6 Å². The molecule has 1 aliphatic rings. The summed E-state index contributed by atoms with van der Waals surface area (Å²) in [6.45, 7) is 0. The van der Waals surface area contributed by atoms with Gasteiger partial charge in [0.05, 0.1) is 10.6 Å². The van der Waals surface area contributed by atoms with E-state index in [-0.39, 0.29) is 11.6 Å². The van der Waals surface area contributed by atoms with E-state index in [1.54, 1.807) is 24.3 Å². The summed E-state index contributed by atoms with van der Waals surface area (Å²) in [5, 5.41) is 21.3. The van der Waals surface area contributed by atoms with Gasteiger partial charge in [-0.05, 0) is 37.8 Å². The van der Waals surface area contributed by atoms with E-state index in [9.17, 15) is 14.9 Å². The topological polar surface area (TPSA) is 101 Å². The molecule has 0 radical (unpaired) electrons. The van der Waals surface area contributed by atoms with Gasteiger partial charge in [-0.15, -0.1) is 0 Å². The molecule has 2 aromatic carbocycles. The Balaban J connectivity index is 1.67. The normalized spacial score (nSPS) is 13.0. The third-order valence-corrected chi connectivity index (χ3v) is 4.80. The highest BCUT2D eigenvalue weighted by atomic mass is 16.6. The molecule has 0 aliphatic heterocycles. The van der Waals surface area contributed by atoms with Crippen molar-refractivity contribution in [3.63, 3.8) is 0 Å². The highest BCUT2D eigenvalue weighted by Crippen LogP contribution is 2.32. The van der Waals surface area contributed by atoms with Gasteiger partial charge in [0.25, 0.3) is 11.6 Å². The Bertz CT molecular complexity index is 1030. The van der Waals surface area contributed by atoms with E-state index in [0.29, 0.717) is 11.3 Å². The van der Waals surface area contributed by atoms with Gasteiger partial charge in [0, 0.05) is 40.2 Å². The Labute approximate surface area is 155 Å². The molecule has 0 atom stereocenters. The van der Waals surface area contributed by atoms with Crippen molar-refractivity contribution in [3.05, 3.63) is 75.5 Å². The van der Waals surface area contributed by atoms with Crippen LogP contribution in [0.2, 0.25) is 0 Å². The van der Waals surface area contributed by atoms with Crippen LogP contribution in [0.15, 0.2) is 48.5 Å². The van der Waals surface area contributed by atoms with E-state index in [1.165, 1.54) is 17.7 Å². The van der Waals surface area contributed by atoms with Gasteiger partial charge in [0.1, 0.15) is 0 Å². The number of benzene rings is 2. The number of anilines is 1. The van der Waals surface area contributed by atoms with Gasteiger partial charge >= 0.3 is 0 Å². The van der Waals surface area contributed by atoms with E-state index in [4.69, 9.17) is 0 Å². The lowest BCUT2D eigenvalue weighted by Crippen LogP contribution is -2.13. The van der Waals surface area contributed by atoms with Crippen molar-refractivity contribution >= 4 is 17.3 Å². The Morgan fingerprint density at radius 1 is 1.11 bits per heavy atom. The summed E-state index contributed by atoms with van der Waals surface area (Å²) in [4.78, 5) is 23.3. The maximum Gasteiger partial charge on any atom is 0.271 e. The van der Waals surface area contributed by atoms with Crippen molar-refractivity contribution in [1.82, 2.24) is 10.2 Å². The lowest BCUT2D eigenvalue weighted by Gasteiger charge is -2.13. The summed E-state index contributed by atoms with van der Waals surface area (Å²) in [6, 6.07) is 13.2. The molecular weight excluding hydrogens is 344 g/mol. The molecule has 2 N–H and O–H groups in total. The molecule has 1 amide bonds. The summed E-state index contributed by atoms with van der Waals surface area (Å²) in [5.74, 6) is -0.321. The van der Waals surface area contributed by atoms with E-state index < -0.39 is 4.92 Å². The molecule has 0 fully saturated rings. The minimum Gasteiger partial charge on any atom is -0.322 e. The molecule has 27 heavy (non-hydrogen) atoms. The number of non-ortho nitro benzene ring substituents is 1. The molecule has 0 saturated heterocycles. The average Bonchev–Trinajstić information content (AvgIpc) is 3.12. The van der Waals surface area contributed by atoms with Crippen LogP contribution in [0.3, 0.4) is 0 Å². The van der Waals surface area contributed by atoms with Gasteiger partial charge in [-0.3, -0.25) is 20.0 Å². The third-order valence-electron chi connectivity index (χ3n) is 4.80. The van der Waals surface area contributed by atoms with Gasteiger partial charge in [-0.1, -0.05) is 24.3 Å². The fraction of sp³-hybridized carbons (Fsp3) is 0.200. The number of H-pyrrole nitrogens is 1. The number of aromatic amines is 1. The number of nitro benzene ring substituents is 1. The first-order valence-corrected chi connectivity index (χ1v) is 8.85. The third kappa shape index (κ3) is 3.31. The lowest BCUT2D eigenvalue weighted by molar-refractivity contribution is -0.384. The molecule has 0 saturated carbocycles. The van der Waals surface area contributed by atoms with Gasteiger partial charge in [-0.2, -0.15) is 5.10 Å². The first-order valence-electron chi connectivity index (χ1n) is 8.85. The molecule has 136 valence electrons. The number of nitro groups is 1. The Morgan fingerprint density at radius 2 is 1.93 bits per heavy atom. The maximum atomic E-state index is 12.9. The Morgan fingerprint density at radius 3 is 2.78 bits per heavy atom. The second-order valence-corrected chi connectivity index (χ2v) is 6.54. The SMILES string of the molecule is O=C(Nc1cccc([N+](=O)[O-])c1)c1ccccc1-c1n[nH]c2c1CCCC2. The summed E-state index contributed by atoms with van der Waals surface area (Å²) >= 11 is 0. The minimum atomic E-state index is -0.486. The van der Waals surface area contributed by atoms with Crippen LogP contribution in [0.4, 0.5) is 11.4 Å². The van der Waals surface area contributed by atoms with Crippen LogP contribution in [0.1, 0.15) is 34.5 Å². The standard InChI is InChI=1S/C20H18N4O3/c25-20(21-13-6-5-7-14(12-13)24(26)27)16-9-2-1-8-15(16)19-17-10-3-4-11-18(17)22-23-19/h1-2,5-9,12H,3-4,10-11H2,(H,21,25)(H,22,23). The van der Waals surface area contributed by atoms with Gasteiger partial charge < -0.3 is 5.32 Å². The quantitative estimate of drug-likeness (QED) is 0.538. The zero-order valence-corrected chi connectivity index (χ0v) is 14.6. The molecular formula is C20H18N4O3. The zero-order chi connectivity index (χ0) is 18.8. The van der Waals surface area contributed by atoms with E-state index >= 15 is 0 Å². The lowest BCUT2D eigenvalue weighted by atomic mass is 9.92. The van der Waals surface area contributed by atoms with Gasteiger partial charge in [-0.25, -0.2) is 0 Å². The molecule has 1 aromatic heterocycles. The van der Waals surface area contributed by atoms with Crippen molar-refractivity contribution in [2.24, 2.45) is 0 Å². The summed E-state index contributed by atoms with van der Waals surface area (Å²) in [6.07, 6.45) is 4.18. The largest absolute Gasteiger partial charge is 0.322 e. The van der Waals surface area contributed by atoms with Crippen LogP contribution in [0.5, 0.6) is 0 Å². The smallest absolute Gasteiger partial charge is 0.271 e. The number of aryl methyl sites for hydroxylation is 1. The first-order chi connectivity index (χ1) is 13.1. The van der Waals surface area contributed by atoms with Crippen LogP contribution < -0.4 is 5.32 Å². The van der Waals surface area contributed by atoms with Crippen molar-refractivity contribution in [1.29, 1.82) is 0 Å².